The maximum absolute atomic E-state index is 11.5. The van der Waals surface area contributed by atoms with Crippen molar-refractivity contribution in [3.63, 3.8) is 0 Å². The molecule has 1 saturated carbocycles. The third-order valence-corrected chi connectivity index (χ3v) is 4.22. The van der Waals surface area contributed by atoms with Gasteiger partial charge in [-0.25, -0.2) is 4.98 Å². The lowest BCUT2D eigenvalue weighted by Crippen LogP contribution is -2.27. The fourth-order valence-corrected chi connectivity index (χ4v) is 3.27. The minimum Gasteiger partial charge on any atom is -0.481 e. The predicted octanol–water partition coefficient (Wildman–Crippen LogP) is 3.87. The minimum absolute atomic E-state index is 0.299. The number of carbonyl (C=O) groups is 1. The Morgan fingerprint density at radius 3 is 3.06 bits per heavy atom. The highest BCUT2D eigenvalue weighted by atomic mass is 35.5. The highest BCUT2D eigenvalue weighted by molar-refractivity contribution is 6.29. The zero-order valence-corrected chi connectivity index (χ0v) is 11.3. The first-order valence-corrected chi connectivity index (χ1v) is 6.80. The lowest BCUT2D eigenvalue weighted by atomic mass is 9.80. The molecule has 1 aliphatic rings. The van der Waals surface area contributed by atoms with E-state index in [1.165, 1.54) is 0 Å². The first kappa shape index (κ1) is 13.3. The third kappa shape index (κ3) is 2.51. The summed E-state index contributed by atoms with van der Waals surface area (Å²) in [6.07, 6.45) is 5.77. The average Bonchev–Trinajstić information content (AvgIpc) is 2.75. The molecule has 2 rings (SSSR count). The molecule has 0 unspecified atom stereocenters. The minimum atomic E-state index is -0.646. The molecule has 0 saturated heterocycles. The summed E-state index contributed by atoms with van der Waals surface area (Å²) in [6, 6.07) is 3.80. The number of hydrogen-bond acceptors (Lipinski definition) is 2. The van der Waals surface area contributed by atoms with Crippen molar-refractivity contribution in [3.8, 4) is 0 Å². The molecule has 0 amide bonds. The van der Waals surface area contributed by atoms with E-state index in [2.05, 4.69) is 4.98 Å². The monoisotopic (exact) mass is 267 g/mol. The van der Waals surface area contributed by atoms with Crippen molar-refractivity contribution in [3.05, 3.63) is 29.0 Å². The Kier molecular flexibility index (Phi) is 3.91. The number of rotatable bonds is 4. The Labute approximate surface area is 112 Å². The predicted molar refractivity (Wildman–Crippen MR) is 70.8 cm³/mol. The van der Waals surface area contributed by atoms with Crippen LogP contribution in [0.1, 0.15) is 50.5 Å². The van der Waals surface area contributed by atoms with Crippen LogP contribution in [0.4, 0.5) is 0 Å². The van der Waals surface area contributed by atoms with Crippen molar-refractivity contribution < 1.29 is 9.90 Å². The standard InChI is InChI=1S/C14H18ClNO2/c1-2-5-14(13(17)18)6-3-11(9-14)10-4-7-16-12(15)8-10/h4,7-8,11H,2-3,5-6,9H2,1H3,(H,17,18)/t11-,14+/m0/s1. The maximum atomic E-state index is 11.5. The van der Waals surface area contributed by atoms with Gasteiger partial charge in [-0.1, -0.05) is 24.9 Å². The van der Waals surface area contributed by atoms with Crippen LogP contribution >= 0.6 is 11.6 Å². The van der Waals surface area contributed by atoms with E-state index in [9.17, 15) is 9.90 Å². The number of carboxylic acid groups (broad SMARTS) is 1. The SMILES string of the molecule is CCC[C@@]1(C(=O)O)CC[C@H](c2ccnc(Cl)c2)C1. The molecule has 1 N–H and O–H groups in total. The topological polar surface area (TPSA) is 50.2 Å². The molecule has 1 aromatic heterocycles. The van der Waals surface area contributed by atoms with Crippen molar-refractivity contribution in [2.24, 2.45) is 5.41 Å². The van der Waals surface area contributed by atoms with Gasteiger partial charge in [0.2, 0.25) is 0 Å². The van der Waals surface area contributed by atoms with Gasteiger partial charge < -0.3 is 5.11 Å². The third-order valence-electron chi connectivity index (χ3n) is 4.01. The quantitative estimate of drug-likeness (QED) is 0.843. The lowest BCUT2D eigenvalue weighted by Gasteiger charge is -2.23. The second-order valence-electron chi connectivity index (χ2n) is 5.19. The molecule has 0 aliphatic heterocycles. The molecule has 1 fully saturated rings. The van der Waals surface area contributed by atoms with E-state index < -0.39 is 11.4 Å². The number of aromatic nitrogens is 1. The number of halogens is 1. The van der Waals surface area contributed by atoms with Gasteiger partial charge in [-0.15, -0.1) is 0 Å². The molecule has 2 atom stereocenters. The number of pyridine rings is 1. The fraction of sp³-hybridized carbons (Fsp3) is 0.571. The second-order valence-corrected chi connectivity index (χ2v) is 5.57. The fourth-order valence-electron chi connectivity index (χ4n) is 3.09. The van der Waals surface area contributed by atoms with E-state index in [0.717, 1.165) is 37.7 Å². The molecule has 98 valence electrons. The van der Waals surface area contributed by atoms with E-state index in [1.54, 1.807) is 6.20 Å². The summed E-state index contributed by atoms with van der Waals surface area (Å²) in [7, 11) is 0. The zero-order chi connectivity index (χ0) is 13.2. The van der Waals surface area contributed by atoms with E-state index >= 15 is 0 Å². The highest BCUT2D eigenvalue weighted by Gasteiger charge is 2.44. The van der Waals surface area contributed by atoms with Gasteiger partial charge in [-0.2, -0.15) is 0 Å². The van der Waals surface area contributed by atoms with Gasteiger partial charge in [0.1, 0.15) is 5.15 Å². The van der Waals surface area contributed by atoms with Crippen LogP contribution in [0, 0.1) is 5.41 Å². The number of nitrogens with zero attached hydrogens (tertiary/aromatic N) is 1. The van der Waals surface area contributed by atoms with Crippen molar-refractivity contribution >= 4 is 17.6 Å². The second kappa shape index (κ2) is 5.27. The van der Waals surface area contributed by atoms with Gasteiger partial charge in [-0.3, -0.25) is 4.79 Å². The molecule has 4 heteroatoms. The zero-order valence-electron chi connectivity index (χ0n) is 10.5. The largest absolute Gasteiger partial charge is 0.481 e. The van der Waals surface area contributed by atoms with Gasteiger partial charge in [0.15, 0.2) is 0 Å². The Bertz CT molecular complexity index is 449. The van der Waals surface area contributed by atoms with Crippen LogP contribution in [0.15, 0.2) is 18.3 Å². The van der Waals surface area contributed by atoms with Crippen LogP contribution in [0.5, 0.6) is 0 Å². The van der Waals surface area contributed by atoms with E-state index in [-0.39, 0.29) is 0 Å². The molecule has 1 aromatic rings. The van der Waals surface area contributed by atoms with E-state index in [0.29, 0.717) is 11.1 Å². The van der Waals surface area contributed by atoms with Crippen LogP contribution in [0.25, 0.3) is 0 Å². The van der Waals surface area contributed by atoms with Crippen LogP contribution in [0.3, 0.4) is 0 Å². The molecule has 0 spiro atoms. The summed E-state index contributed by atoms with van der Waals surface area (Å²) in [5.74, 6) is -0.347. The summed E-state index contributed by atoms with van der Waals surface area (Å²) < 4.78 is 0. The van der Waals surface area contributed by atoms with Crippen molar-refractivity contribution in [1.82, 2.24) is 4.98 Å². The molecule has 1 aliphatic carbocycles. The number of hydrogen-bond donors (Lipinski definition) is 1. The first-order valence-electron chi connectivity index (χ1n) is 6.42. The number of aliphatic carboxylic acids is 1. The summed E-state index contributed by atoms with van der Waals surface area (Å²) in [5.41, 5.74) is 0.587. The molecule has 3 nitrogen and oxygen atoms in total. The summed E-state index contributed by atoms with van der Waals surface area (Å²) in [4.78, 5) is 15.5. The van der Waals surface area contributed by atoms with Crippen LogP contribution in [-0.4, -0.2) is 16.1 Å². The lowest BCUT2D eigenvalue weighted by molar-refractivity contribution is -0.149. The van der Waals surface area contributed by atoms with Crippen molar-refractivity contribution in [1.29, 1.82) is 0 Å². The van der Waals surface area contributed by atoms with Gasteiger partial charge >= 0.3 is 5.97 Å². The number of carboxylic acids is 1. The Hall–Kier alpha value is -1.09. The van der Waals surface area contributed by atoms with Gasteiger partial charge in [-0.05, 0) is 49.3 Å². The molecular formula is C14H18ClNO2. The molecule has 18 heavy (non-hydrogen) atoms. The molecule has 0 bridgehead atoms. The van der Waals surface area contributed by atoms with Crippen molar-refractivity contribution in [2.75, 3.05) is 0 Å². The molecular weight excluding hydrogens is 250 g/mol. The average molecular weight is 268 g/mol. The van der Waals surface area contributed by atoms with Crippen LogP contribution in [-0.2, 0) is 4.79 Å². The summed E-state index contributed by atoms with van der Waals surface area (Å²) >= 11 is 5.89. The van der Waals surface area contributed by atoms with E-state index in [4.69, 9.17) is 11.6 Å². The summed E-state index contributed by atoms with van der Waals surface area (Å²) in [5, 5.41) is 9.96. The maximum Gasteiger partial charge on any atom is 0.309 e. The Balaban J connectivity index is 2.18. The normalized spacial score (nSPS) is 27.3. The molecule has 0 aromatic carbocycles. The van der Waals surface area contributed by atoms with Crippen LogP contribution in [0.2, 0.25) is 5.15 Å². The first-order chi connectivity index (χ1) is 8.57. The molecule has 0 radical (unpaired) electrons. The van der Waals surface area contributed by atoms with E-state index in [1.807, 2.05) is 19.1 Å². The van der Waals surface area contributed by atoms with Gasteiger partial charge in [0.05, 0.1) is 5.41 Å². The smallest absolute Gasteiger partial charge is 0.309 e. The highest BCUT2D eigenvalue weighted by Crippen LogP contribution is 2.49. The van der Waals surface area contributed by atoms with Crippen LogP contribution < -0.4 is 0 Å². The Morgan fingerprint density at radius 1 is 1.67 bits per heavy atom. The molecule has 1 heterocycles. The van der Waals surface area contributed by atoms with Gasteiger partial charge in [0, 0.05) is 6.20 Å². The summed E-state index contributed by atoms with van der Waals surface area (Å²) in [6.45, 7) is 2.04. The Morgan fingerprint density at radius 2 is 2.44 bits per heavy atom. The van der Waals surface area contributed by atoms with Crippen molar-refractivity contribution in [2.45, 2.75) is 44.9 Å². The van der Waals surface area contributed by atoms with Gasteiger partial charge in [0.25, 0.3) is 0 Å².